The highest BCUT2D eigenvalue weighted by Crippen LogP contribution is 2.25. The minimum absolute atomic E-state index is 0.128. The average molecular weight is 440 g/mol. The van der Waals surface area contributed by atoms with Gasteiger partial charge in [-0.3, -0.25) is 9.36 Å². The Morgan fingerprint density at radius 2 is 1.76 bits per heavy atom. The molecule has 0 spiro atoms. The van der Waals surface area contributed by atoms with Gasteiger partial charge in [0.2, 0.25) is 0 Å². The summed E-state index contributed by atoms with van der Waals surface area (Å²) in [5.74, 6) is 0.344. The Balaban J connectivity index is 2.35. The highest BCUT2D eigenvalue weighted by molar-refractivity contribution is 7.07. The Bertz CT molecular complexity index is 1320. The number of aromatic nitrogens is 1. The van der Waals surface area contributed by atoms with Gasteiger partial charge in [-0.1, -0.05) is 61.3 Å². The van der Waals surface area contributed by atoms with Gasteiger partial charge in [-0.05, 0) is 41.3 Å². The van der Waals surface area contributed by atoms with E-state index in [1.165, 1.54) is 4.57 Å². The number of thiazole rings is 1. The fourth-order valence-corrected chi connectivity index (χ4v) is 4.19. The first-order valence-corrected chi connectivity index (χ1v) is 10.3. The van der Waals surface area contributed by atoms with E-state index < -0.39 is 0 Å². The highest BCUT2D eigenvalue weighted by Gasteiger charge is 2.12. The minimum atomic E-state index is -0.332. The molecule has 0 N–H and O–H groups in total. The molecule has 3 rings (SSSR count). The summed E-state index contributed by atoms with van der Waals surface area (Å²) >= 11 is 13.4. The first-order chi connectivity index (χ1) is 13.9. The monoisotopic (exact) mass is 439 g/mol. The first kappa shape index (κ1) is 20.9. The van der Waals surface area contributed by atoms with Crippen molar-refractivity contribution in [2.24, 2.45) is 0 Å². The second-order valence-corrected chi connectivity index (χ2v) is 8.36. The summed E-state index contributed by atoms with van der Waals surface area (Å²) in [5, 5.41) is 19.5. The second-order valence-electron chi connectivity index (χ2n) is 6.54. The highest BCUT2D eigenvalue weighted by atomic mass is 35.5. The molecule has 0 radical (unpaired) electrons. The van der Waals surface area contributed by atoms with Crippen molar-refractivity contribution in [1.82, 2.24) is 4.57 Å². The van der Waals surface area contributed by atoms with E-state index >= 15 is 0 Å². The van der Waals surface area contributed by atoms with Crippen LogP contribution in [-0.2, 0) is 0 Å². The third-order valence-corrected chi connectivity index (χ3v) is 6.27. The van der Waals surface area contributed by atoms with Crippen LogP contribution in [0.3, 0.4) is 0 Å². The molecule has 0 aliphatic heterocycles. The van der Waals surface area contributed by atoms with Crippen LogP contribution < -0.4 is 14.8 Å². The van der Waals surface area contributed by atoms with Crippen molar-refractivity contribution in [2.45, 2.75) is 19.8 Å². The summed E-state index contributed by atoms with van der Waals surface area (Å²) < 4.78 is 2.02. The largest absolute Gasteiger partial charge is 0.273 e. The molecule has 144 valence electrons. The van der Waals surface area contributed by atoms with Gasteiger partial charge in [-0.25, -0.2) is 0 Å². The maximum Gasteiger partial charge on any atom is 0.273 e. The molecule has 0 saturated heterocycles. The van der Waals surface area contributed by atoms with Crippen LogP contribution in [0.25, 0.3) is 17.3 Å². The Kier molecular flexibility index (Phi) is 6.25. The normalized spacial score (nSPS) is 11.3. The number of halogens is 2. The molecule has 2 aromatic carbocycles. The van der Waals surface area contributed by atoms with Gasteiger partial charge in [0.25, 0.3) is 5.56 Å². The predicted octanol–water partition coefficient (Wildman–Crippen LogP) is 4.36. The Labute approximate surface area is 181 Å². The van der Waals surface area contributed by atoms with Crippen LogP contribution in [0.5, 0.6) is 0 Å². The van der Waals surface area contributed by atoms with Crippen LogP contribution in [-0.4, -0.2) is 4.57 Å². The standard InChI is InChI=1S/C22H15Cl2N3OS/c1-13(2)14-6-8-17(9-7-14)27-21(28)19(29-22(27)16(11-25)12-26)10-15-4-3-5-18(23)20(15)24/h3-10,13H,1-2H3. The number of benzene rings is 2. The SMILES string of the molecule is CC(C)c1ccc(-n2c(=C(C#N)C#N)sc(=Cc3cccc(Cl)c3Cl)c2=O)cc1. The van der Waals surface area contributed by atoms with E-state index in [0.717, 1.165) is 16.9 Å². The minimum Gasteiger partial charge on any atom is -0.267 e. The molecular weight excluding hydrogens is 425 g/mol. The van der Waals surface area contributed by atoms with E-state index in [1.807, 2.05) is 36.4 Å². The average Bonchev–Trinajstić information content (AvgIpc) is 3.02. The van der Waals surface area contributed by atoms with E-state index in [0.29, 0.717) is 31.7 Å². The fourth-order valence-electron chi connectivity index (χ4n) is 2.79. The van der Waals surface area contributed by atoms with Crippen molar-refractivity contribution >= 4 is 46.2 Å². The van der Waals surface area contributed by atoms with Gasteiger partial charge in [-0.2, -0.15) is 10.5 Å². The molecular formula is C22H15Cl2N3OS. The van der Waals surface area contributed by atoms with Gasteiger partial charge in [0, 0.05) is 0 Å². The molecule has 4 nitrogen and oxygen atoms in total. The van der Waals surface area contributed by atoms with E-state index in [2.05, 4.69) is 13.8 Å². The fraction of sp³-hybridized carbons (Fsp3) is 0.136. The summed E-state index contributed by atoms with van der Waals surface area (Å²) in [6.07, 6.45) is 1.62. The molecule has 0 aliphatic carbocycles. The van der Waals surface area contributed by atoms with Gasteiger partial charge >= 0.3 is 0 Å². The lowest BCUT2D eigenvalue weighted by Crippen LogP contribution is -2.30. The number of hydrogen-bond donors (Lipinski definition) is 0. The van der Waals surface area contributed by atoms with Crippen molar-refractivity contribution in [3.05, 3.63) is 83.2 Å². The van der Waals surface area contributed by atoms with Crippen molar-refractivity contribution in [3.8, 4) is 17.8 Å². The summed E-state index contributed by atoms with van der Waals surface area (Å²) in [5.41, 5.74) is 1.84. The van der Waals surface area contributed by atoms with E-state index in [1.54, 1.807) is 24.3 Å². The molecule has 0 aliphatic rings. The maximum atomic E-state index is 13.2. The zero-order valence-electron chi connectivity index (χ0n) is 15.6. The molecule has 0 bridgehead atoms. The lowest BCUT2D eigenvalue weighted by Gasteiger charge is -2.07. The van der Waals surface area contributed by atoms with Gasteiger partial charge in [0.15, 0.2) is 5.57 Å². The summed E-state index contributed by atoms with van der Waals surface area (Å²) in [6, 6.07) is 16.4. The van der Waals surface area contributed by atoms with Crippen LogP contribution in [0.1, 0.15) is 30.9 Å². The maximum absolute atomic E-state index is 13.2. The second kappa shape index (κ2) is 8.68. The lowest BCUT2D eigenvalue weighted by molar-refractivity contribution is 0.864. The molecule has 7 heteroatoms. The number of nitriles is 2. The summed E-state index contributed by atoms with van der Waals surface area (Å²) in [4.78, 5) is 13.2. The predicted molar refractivity (Wildman–Crippen MR) is 118 cm³/mol. The molecule has 29 heavy (non-hydrogen) atoms. The molecule has 1 heterocycles. The van der Waals surface area contributed by atoms with Gasteiger partial charge in [0.1, 0.15) is 16.8 Å². The number of hydrogen-bond acceptors (Lipinski definition) is 4. The number of rotatable bonds is 3. The number of nitrogens with zero attached hydrogens (tertiary/aromatic N) is 3. The first-order valence-electron chi connectivity index (χ1n) is 8.69. The van der Waals surface area contributed by atoms with Gasteiger partial charge in [0.05, 0.1) is 20.3 Å². The zero-order valence-corrected chi connectivity index (χ0v) is 17.9. The van der Waals surface area contributed by atoms with E-state index in [4.69, 9.17) is 23.2 Å². The van der Waals surface area contributed by atoms with Crippen molar-refractivity contribution in [1.29, 1.82) is 10.5 Å². The van der Waals surface area contributed by atoms with Gasteiger partial charge < -0.3 is 0 Å². The van der Waals surface area contributed by atoms with Crippen molar-refractivity contribution in [2.75, 3.05) is 0 Å². The van der Waals surface area contributed by atoms with Crippen LogP contribution in [0, 0.1) is 22.7 Å². The van der Waals surface area contributed by atoms with E-state index in [-0.39, 0.29) is 15.8 Å². The third kappa shape index (κ3) is 4.13. The van der Waals surface area contributed by atoms with Crippen LogP contribution >= 0.6 is 34.5 Å². The zero-order chi connectivity index (χ0) is 21.1. The quantitative estimate of drug-likeness (QED) is 0.608. The van der Waals surface area contributed by atoms with Crippen molar-refractivity contribution in [3.63, 3.8) is 0 Å². The summed E-state index contributed by atoms with van der Waals surface area (Å²) in [6.45, 7) is 4.16. The lowest BCUT2D eigenvalue weighted by atomic mass is 10.0. The van der Waals surface area contributed by atoms with Crippen LogP contribution in [0.2, 0.25) is 10.0 Å². The van der Waals surface area contributed by atoms with E-state index in [9.17, 15) is 15.3 Å². The molecule has 1 aromatic heterocycles. The van der Waals surface area contributed by atoms with Gasteiger partial charge in [-0.15, -0.1) is 11.3 Å². The molecule has 0 atom stereocenters. The molecule has 0 saturated carbocycles. The Morgan fingerprint density at radius 1 is 1.10 bits per heavy atom. The van der Waals surface area contributed by atoms with Crippen LogP contribution in [0.4, 0.5) is 0 Å². The topological polar surface area (TPSA) is 69.6 Å². The molecule has 3 aromatic rings. The summed E-state index contributed by atoms with van der Waals surface area (Å²) in [7, 11) is 0. The molecule has 0 amide bonds. The van der Waals surface area contributed by atoms with Crippen LogP contribution in [0.15, 0.2) is 47.3 Å². The Morgan fingerprint density at radius 3 is 2.34 bits per heavy atom. The molecule has 0 unspecified atom stereocenters. The smallest absolute Gasteiger partial charge is 0.267 e. The Hall–Kier alpha value is -2.83. The molecule has 0 fully saturated rings. The third-order valence-electron chi connectivity index (χ3n) is 4.35. The van der Waals surface area contributed by atoms with Crippen molar-refractivity contribution < 1.29 is 0 Å².